The van der Waals surface area contributed by atoms with Crippen LogP contribution < -0.4 is 0 Å². The fourth-order valence-electron chi connectivity index (χ4n) is 6.45. The van der Waals surface area contributed by atoms with Crippen LogP contribution in [0, 0.1) is 0 Å². The highest BCUT2D eigenvalue weighted by atomic mass is 16.5. The van der Waals surface area contributed by atoms with Crippen molar-refractivity contribution in [2.45, 2.75) is 204 Å². The Kier molecular flexibility index (Phi) is 19.9. The number of hydrogen-bond donors (Lipinski definition) is 5. The second kappa shape index (κ2) is 22.5. The van der Waals surface area contributed by atoms with E-state index in [1.165, 1.54) is 64.2 Å². The summed E-state index contributed by atoms with van der Waals surface area (Å²) in [6.07, 6.45) is 17.7. The van der Waals surface area contributed by atoms with Gasteiger partial charge in [-0.25, -0.2) is 4.79 Å². The third-order valence-electron chi connectivity index (χ3n) is 9.23. The van der Waals surface area contributed by atoms with Gasteiger partial charge in [-0.1, -0.05) is 110 Å². The first kappa shape index (κ1) is 38.2. The van der Waals surface area contributed by atoms with Crippen LogP contribution in [-0.4, -0.2) is 80.3 Å². The van der Waals surface area contributed by atoms with E-state index in [0.717, 1.165) is 51.4 Å². The van der Waals surface area contributed by atoms with Crippen LogP contribution in [0.4, 0.5) is 0 Å². The zero-order valence-electron chi connectivity index (χ0n) is 27.2. The summed E-state index contributed by atoms with van der Waals surface area (Å²) in [5, 5.41) is 52.3. The Hall–Kier alpha value is -1.03. The van der Waals surface area contributed by atoms with Gasteiger partial charge in [0.05, 0.1) is 24.4 Å². The molecular weight excluding hydrogens is 548 g/mol. The summed E-state index contributed by atoms with van der Waals surface area (Å²) in [4.78, 5) is 11.7. The van der Waals surface area contributed by atoms with Crippen molar-refractivity contribution in [3.8, 4) is 0 Å². The fraction of sp³-hybridized carbons (Fsp3) is 0.914. The average molecular weight is 613 g/mol. The third kappa shape index (κ3) is 15.7. The maximum atomic E-state index is 11.7. The van der Waals surface area contributed by atoms with Crippen LogP contribution in [0.3, 0.4) is 0 Å². The molecule has 0 aromatic carbocycles. The molecule has 0 bridgehead atoms. The predicted octanol–water partition coefficient (Wildman–Crippen LogP) is 6.03. The van der Waals surface area contributed by atoms with Crippen molar-refractivity contribution in [1.82, 2.24) is 0 Å². The molecule has 0 aromatic rings. The van der Waals surface area contributed by atoms with Crippen LogP contribution in [0.15, 0.2) is 11.6 Å². The molecular formula is C35H64O8. The lowest BCUT2D eigenvalue weighted by molar-refractivity contribution is -0.144. The first-order valence-corrected chi connectivity index (χ1v) is 17.7. The van der Waals surface area contributed by atoms with Crippen LogP contribution in [0.5, 0.6) is 0 Å². The summed E-state index contributed by atoms with van der Waals surface area (Å²) >= 11 is 0. The van der Waals surface area contributed by atoms with Crippen LogP contribution in [0.2, 0.25) is 0 Å². The molecule has 2 rings (SSSR count). The second-order valence-electron chi connectivity index (χ2n) is 13.2. The zero-order valence-corrected chi connectivity index (χ0v) is 27.2. The van der Waals surface area contributed by atoms with Gasteiger partial charge in [-0.2, -0.15) is 0 Å². The number of ether oxygens (including phenoxy) is 2. The Morgan fingerprint density at radius 3 is 1.88 bits per heavy atom. The first-order valence-electron chi connectivity index (χ1n) is 17.7. The van der Waals surface area contributed by atoms with E-state index in [1.54, 1.807) is 13.0 Å². The number of hydrogen-bond acceptors (Lipinski definition) is 8. The summed E-state index contributed by atoms with van der Waals surface area (Å²) in [6.45, 7) is 4.05. The standard InChI is InChI=1S/C35H64O8/c1-3-4-5-6-7-8-9-10-11-12-13-14-18-21-30(37)32(38)34(40)33(39)31-23-22-29(43-31)20-17-15-16-19-28(36)25-27-24-26(2)42-35(27)41/h24,26,28-34,36-40H,3-23,25H2,1-2H3. The number of rotatable bonds is 26. The number of carbonyl (C=O) groups excluding carboxylic acids is 1. The lowest BCUT2D eigenvalue weighted by atomic mass is 9.95. The number of unbranched alkanes of at least 4 members (excludes halogenated alkanes) is 14. The highest BCUT2D eigenvalue weighted by Gasteiger charge is 2.38. The SMILES string of the molecule is CCCCCCCCCCCCCCCC(O)C(O)C(O)C(O)C1CCC(CCCCCC(O)CC2=CC(C)OC2=O)O1. The molecule has 8 nitrogen and oxygen atoms in total. The maximum Gasteiger partial charge on any atom is 0.334 e. The van der Waals surface area contributed by atoms with Crippen molar-refractivity contribution in [2.75, 3.05) is 0 Å². The average Bonchev–Trinajstić information content (AvgIpc) is 3.59. The lowest BCUT2D eigenvalue weighted by Crippen LogP contribution is -2.49. The van der Waals surface area contributed by atoms with Gasteiger partial charge in [0.15, 0.2) is 0 Å². The van der Waals surface area contributed by atoms with Crippen molar-refractivity contribution in [3.63, 3.8) is 0 Å². The van der Waals surface area contributed by atoms with Gasteiger partial charge in [0.25, 0.3) is 0 Å². The Morgan fingerprint density at radius 1 is 0.744 bits per heavy atom. The molecule has 0 aliphatic carbocycles. The fourth-order valence-corrected chi connectivity index (χ4v) is 6.45. The second-order valence-corrected chi connectivity index (χ2v) is 13.2. The summed E-state index contributed by atoms with van der Waals surface area (Å²) in [5.74, 6) is -0.330. The first-order chi connectivity index (χ1) is 20.7. The molecule has 2 heterocycles. The van der Waals surface area contributed by atoms with Crippen LogP contribution in [0.1, 0.15) is 155 Å². The van der Waals surface area contributed by atoms with Crippen LogP contribution >= 0.6 is 0 Å². The molecule has 0 radical (unpaired) electrons. The smallest absolute Gasteiger partial charge is 0.334 e. The van der Waals surface area contributed by atoms with Gasteiger partial charge < -0.3 is 35.0 Å². The van der Waals surface area contributed by atoms with E-state index in [-0.39, 0.29) is 18.2 Å². The Morgan fingerprint density at radius 2 is 1.30 bits per heavy atom. The summed E-state index contributed by atoms with van der Waals surface area (Å²) in [6, 6.07) is 0. The molecule has 0 aromatic heterocycles. The topological polar surface area (TPSA) is 137 Å². The van der Waals surface area contributed by atoms with E-state index in [1.807, 2.05) is 0 Å². The molecule has 0 spiro atoms. The molecule has 0 saturated carbocycles. The number of esters is 1. The molecule has 1 saturated heterocycles. The molecule has 43 heavy (non-hydrogen) atoms. The molecule has 8 heteroatoms. The summed E-state index contributed by atoms with van der Waals surface area (Å²) in [7, 11) is 0. The van der Waals surface area contributed by atoms with Gasteiger partial charge in [-0.05, 0) is 45.1 Å². The molecule has 5 N–H and O–H groups in total. The molecule has 2 aliphatic rings. The zero-order chi connectivity index (χ0) is 31.5. The number of aliphatic hydroxyl groups excluding tert-OH is 5. The molecule has 2 aliphatic heterocycles. The Balaban J connectivity index is 1.48. The predicted molar refractivity (Wildman–Crippen MR) is 170 cm³/mol. The molecule has 0 amide bonds. The van der Waals surface area contributed by atoms with Gasteiger partial charge in [-0.15, -0.1) is 0 Å². The summed E-state index contributed by atoms with van der Waals surface area (Å²) < 4.78 is 11.1. The van der Waals surface area contributed by atoms with E-state index >= 15 is 0 Å². The monoisotopic (exact) mass is 612 g/mol. The van der Waals surface area contributed by atoms with Crippen molar-refractivity contribution >= 4 is 5.97 Å². The lowest BCUT2D eigenvalue weighted by Gasteiger charge is -2.29. The number of carbonyl (C=O) groups is 1. The minimum atomic E-state index is -1.45. The minimum Gasteiger partial charge on any atom is -0.455 e. The third-order valence-corrected chi connectivity index (χ3v) is 9.23. The largest absolute Gasteiger partial charge is 0.455 e. The maximum absolute atomic E-state index is 11.7. The van der Waals surface area contributed by atoms with Gasteiger partial charge in [0.1, 0.15) is 24.4 Å². The van der Waals surface area contributed by atoms with Gasteiger partial charge in [-0.3, -0.25) is 0 Å². The molecule has 8 atom stereocenters. The summed E-state index contributed by atoms with van der Waals surface area (Å²) in [5.41, 5.74) is 0.559. The Bertz CT molecular complexity index is 758. The van der Waals surface area contributed by atoms with Crippen molar-refractivity contribution < 1.29 is 39.8 Å². The van der Waals surface area contributed by atoms with Crippen molar-refractivity contribution in [3.05, 3.63) is 11.6 Å². The van der Waals surface area contributed by atoms with E-state index < -0.39 is 36.6 Å². The van der Waals surface area contributed by atoms with E-state index in [4.69, 9.17) is 9.47 Å². The van der Waals surface area contributed by atoms with E-state index in [0.29, 0.717) is 31.3 Å². The normalized spacial score (nSPS) is 24.0. The van der Waals surface area contributed by atoms with Crippen molar-refractivity contribution in [2.24, 2.45) is 0 Å². The highest BCUT2D eigenvalue weighted by Crippen LogP contribution is 2.29. The van der Waals surface area contributed by atoms with E-state index in [2.05, 4.69) is 6.92 Å². The van der Waals surface area contributed by atoms with Crippen LogP contribution in [-0.2, 0) is 14.3 Å². The number of aliphatic hydroxyl groups is 5. The van der Waals surface area contributed by atoms with Gasteiger partial charge >= 0.3 is 5.97 Å². The quantitative estimate of drug-likeness (QED) is 0.0590. The minimum absolute atomic E-state index is 0.00969. The highest BCUT2D eigenvalue weighted by molar-refractivity contribution is 5.90. The molecule has 252 valence electrons. The Labute approximate surface area is 261 Å². The number of cyclic esters (lactones) is 1. The van der Waals surface area contributed by atoms with Crippen LogP contribution in [0.25, 0.3) is 0 Å². The van der Waals surface area contributed by atoms with Gasteiger partial charge in [0.2, 0.25) is 0 Å². The van der Waals surface area contributed by atoms with E-state index in [9.17, 15) is 30.3 Å². The molecule has 1 fully saturated rings. The van der Waals surface area contributed by atoms with Crippen molar-refractivity contribution in [1.29, 1.82) is 0 Å². The molecule has 8 unspecified atom stereocenters. The van der Waals surface area contributed by atoms with Gasteiger partial charge in [0, 0.05) is 12.0 Å².